The number of carbonyl (C=O) groups excluding carboxylic acids is 4. The Morgan fingerprint density at radius 1 is 0.972 bits per heavy atom. The largest absolute Gasteiger partial charge is 0.507 e. The van der Waals surface area contributed by atoms with Crippen LogP contribution in [0.5, 0.6) is 17.2 Å². The van der Waals surface area contributed by atoms with Gasteiger partial charge in [-0.05, 0) is 50.6 Å². The van der Waals surface area contributed by atoms with E-state index in [0.29, 0.717) is 23.4 Å². The SMILES string of the molecule is COc1cccc2c1C(=O)c1c(O)c3c(c(O)c1C2=O)C[C@@](O)(C(C)=O)C[C@@H]3OC1CC(N)C(O)C(C)O1.Cl.Nc1nc(N)c2nc(CNc3ccc(C(=O)NC(CCC(=O)O)C(=O)O)cc3)cnc2n1. The standard InChI is InChI=1S/C27H29NO10.C19H20N8O5.ClH/c1-10-22(30)14(28)7-17(37-10)38-16-9-27(35,11(2)29)8-13-19(16)26(34)21-20(24(13)32)23(31)12-5-4-6-15(36-3)18(12)25(21)33;20-15-14-16(27-19(21)26-15)23-8-11(24-14)7-22-10-3-1-9(2-4-10)17(30)25-12(18(31)32)5-6-13(28)29;/h4-6,10,14,16-17,22,30,32,34-35H,7-9,28H2,1-3H3;1-4,8,12,22H,5-7H2,(H,25,30)(H,28,29)(H,31,32)(H4,20,21,23,26,27);1H/t10?,14?,16-,17?,22?,27-;;/m0../s1. The molecule has 0 spiro atoms. The van der Waals surface area contributed by atoms with Crippen LogP contribution < -0.4 is 32.6 Å². The fourth-order valence-electron chi connectivity index (χ4n) is 8.43. The number of rotatable bonds is 13. The van der Waals surface area contributed by atoms with E-state index < -0.39 is 107 Å². The van der Waals surface area contributed by atoms with E-state index in [4.69, 9.17) is 41.6 Å². The molecule has 24 nitrogen and oxygen atoms in total. The molecule has 1 saturated heterocycles. The van der Waals surface area contributed by atoms with Crippen LogP contribution in [0.4, 0.5) is 17.5 Å². The Kier molecular flexibility index (Phi) is 15.7. The number of nitrogen functional groups attached to an aromatic ring is 2. The predicted molar refractivity (Wildman–Crippen MR) is 251 cm³/mol. The van der Waals surface area contributed by atoms with Gasteiger partial charge >= 0.3 is 11.9 Å². The molecule has 376 valence electrons. The predicted octanol–water partition coefficient (Wildman–Crippen LogP) is 1.69. The summed E-state index contributed by atoms with van der Waals surface area (Å²) < 4.78 is 17.1. The molecule has 25 heteroatoms. The number of amides is 1. The summed E-state index contributed by atoms with van der Waals surface area (Å²) in [6, 6.07) is 8.73. The summed E-state index contributed by atoms with van der Waals surface area (Å²) in [5.74, 6) is -6.11. The molecule has 2 aliphatic carbocycles. The molecule has 3 heterocycles. The van der Waals surface area contributed by atoms with Crippen LogP contribution in [-0.4, -0.2) is 129 Å². The average Bonchev–Trinajstić information content (AvgIpc) is 3.31. The summed E-state index contributed by atoms with van der Waals surface area (Å²) >= 11 is 0. The zero-order chi connectivity index (χ0) is 50.9. The number of aromatic hydroxyl groups is 2. The van der Waals surface area contributed by atoms with Crippen molar-refractivity contribution < 1.29 is 73.6 Å². The third kappa shape index (κ3) is 10.8. The van der Waals surface area contributed by atoms with Gasteiger partial charge in [-0.25, -0.2) is 14.8 Å². The number of carboxylic acid groups (broad SMARTS) is 2. The Bertz CT molecular complexity index is 2930. The summed E-state index contributed by atoms with van der Waals surface area (Å²) in [4.78, 5) is 90.1. The van der Waals surface area contributed by atoms with Crippen molar-refractivity contribution in [3.63, 3.8) is 0 Å². The van der Waals surface area contributed by atoms with E-state index in [1.165, 1.54) is 50.6 Å². The van der Waals surface area contributed by atoms with E-state index in [2.05, 4.69) is 30.6 Å². The topological polar surface area (TPSA) is 405 Å². The first-order valence-corrected chi connectivity index (χ1v) is 21.6. The smallest absolute Gasteiger partial charge is 0.326 e. The lowest BCUT2D eigenvalue weighted by molar-refractivity contribution is -0.247. The normalized spacial score (nSPS) is 21.5. The summed E-state index contributed by atoms with van der Waals surface area (Å²) in [6.07, 6.45) is -3.60. The van der Waals surface area contributed by atoms with Crippen LogP contribution in [-0.2, 0) is 36.8 Å². The van der Waals surface area contributed by atoms with Gasteiger partial charge in [0.05, 0.1) is 60.5 Å². The number of nitrogens with two attached hydrogens (primary N) is 3. The number of phenolic OH excluding ortho intramolecular Hbond substituents is 2. The molecule has 0 radical (unpaired) electrons. The maximum absolute atomic E-state index is 13.6. The van der Waals surface area contributed by atoms with E-state index in [1.807, 2.05) is 0 Å². The molecule has 0 bridgehead atoms. The Morgan fingerprint density at radius 2 is 1.66 bits per heavy atom. The summed E-state index contributed by atoms with van der Waals surface area (Å²) in [7, 11) is 1.34. The molecule has 3 aromatic carbocycles. The van der Waals surface area contributed by atoms with Gasteiger partial charge in [-0.1, -0.05) is 12.1 Å². The number of aliphatic carboxylic acids is 2. The quantitative estimate of drug-likeness (QED) is 0.0733. The van der Waals surface area contributed by atoms with Gasteiger partial charge in [0.25, 0.3) is 5.91 Å². The summed E-state index contributed by atoms with van der Waals surface area (Å²) in [6.45, 7) is 3.09. The molecule has 8 rings (SSSR count). The zero-order valence-electron chi connectivity index (χ0n) is 38.1. The number of methoxy groups -OCH3 is 1. The van der Waals surface area contributed by atoms with Gasteiger partial charge in [0.1, 0.15) is 28.9 Å². The number of fused-ring (bicyclic) bond motifs is 4. The minimum Gasteiger partial charge on any atom is -0.507 e. The fraction of sp³-hybridized carbons (Fsp3) is 0.348. The highest BCUT2D eigenvalue weighted by molar-refractivity contribution is 6.31. The molecule has 2 aromatic heterocycles. The molecule has 14 N–H and O–H groups in total. The molecule has 5 unspecified atom stereocenters. The summed E-state index contributed by atoms with van der Waals surface area (Å²) in [5, 5.41) is 67.4. The maximum Gasteiger partial charge on any atom is 0.326 e. The van der Waals surface area contributed by atoms with Crippen molar-refractivity contribution >= 4 is 76.2 Å². The number of phenols is 2. The maximum atomic E-state index is 13.6. The number of ketones is 3. The van der Waals surface area contributed by atoms with Gasteiger partial charge in [-0.3, -0.25) is 24.0 Å². The molecule has 1 aliphatic heterocycles. The number of carboxylic acids is 2. The van der Waals surface area contributed by atoms with Gasteiger partial charge in [-0.15, -0.1) is 12.4 Å². The fourth-order valence-corrected chi connectivity index (χ4v) is 8.43. The van der Waals surface area contributed by atoms with Crippen LogP contribution in [0.1, 0.15) is 105 Å². The molecule has 0 saturated carbocycles. The van der Waals surface area contributed by atoms with Crippen molar-refractivity contribution in [1.29, 1.82) is 0 Å². The lowest BCUT2D eigenvalue weighted by atomic mass is 9.72. The van der Waals surface area contributed by atoms with Crippen molar-refractivity contribution in [1.82, 2.24) is 25.3 Å². The van der Waals surface area contributed by atoms with Crippen molar-refractivity contribution in [2.75, 3.05) is 23.9 Å². The van der Waals surface area contributed by atoms with Gasteiger partial charge < -0.3 is 72.7 Å². The van der Waals surface area contributed by atoms with E-state index >= 15 is 0 Å². The van der Waals surface area contributed by atoms with Crippen molar-refractivity contribution in [2.45, 2.75) is 94.8 Å². The van der Waals surface area contributed by atoms with E-state index in [-0.39, 0.29) is 89.1 Å². The molecule has 1 amide bonds. The molecule has 1 fully saturated rings. The van der Waals surface area contributed by atoms with E-state index in [9.17, 15) is 49.2 Å². The molecule has 71 heavy (non-hydrogen) atoms. The van der Waals surface area contributed by atoms with Crippen molar-refractivity contribution in [3.8, 4) is 17.2 Å². The number of halogens is 1. The number of nitrogens with one attached hydrogen (secondary N) is 2. The first-order valence-electron chi connectivity index (χ1n) is 21.6. The van der Waals surface area contributed by atoms with Gasteiger partial charge in [-0.2, -0.15) is 9.97 Å². The Labute approximate surface area is 409 Å². The number of carbonyl (C=O) groups is 6. The highest BCUT2D eigenvalue weighted by atomic mass is 35.5. The minimum absolute atomic E-state index is 0. The molecule has 5 aromatic rings. The third-order valence-electron chi connectivity index (χ3n) is 12.2. The number of nitrogens with zero attached hydrogens (tertiary/aromatic N) is 4. The van der Waals surface area contributed by atoms with Crippen LogP contribution in [0.2, 0.25) is 0 Å². The minimum atomic E-state index is -2.00. The molecule has 7 atom stereocenters. The van der Waals surface area contributed by atoms with Crippen LogP contribution in [0.3, 0.4) is 0 Å². The Hall–Kier alpha value is -7.61. The second-order valence-electron chi connectivity index (χ2n) is 16.9. The van der Waals surface area contributed by atoms with Crippen LogP contribution in [0.15, 0.2) is 48.7 Å². The van der Waals surface area contributed by atoms with E-state index in [1.54, 1.807) is 19.1 Å². The van der Waals surface area contributed by atoms with E-state index in [0.717, 1.165) is 0 Å². The Morgan fingerprint density at radius 3 is 2.30 bits per heavy atom. The highest BCUT2D eigenvalue weighted by Crippen LogP contribution is 2.52. The molecular weight excluding hydrogens is 954 g/mol. The van der Waals surface area contributed by atoms with Crippen LogP contribution in [0, 0.1) is 0 Å². The molecule has 3 aliphatic rings. The number of aromatic nitrogens is 4. The number of hydrogen-bond acceptors (Lipinski definition) is 21. The number of Topliss-reactive ketones (excluding diaryl/α,β-unsaturated/α-hetero) is 1. The number of benzene rings is 3. The Balaban J connectivity index is 0.000000233. The van der Waals surface area contributed by atoms with Crippen molar-refractivity contribution in [2.24, 2.45) is 5.73 Å². The second-order valence-corrected chi connectivity index (χ2v) is 16.9. The number of ether oxygens (including phenoxy) is 3. The first kappa shape index (κ1) is 52.8. The lowest BCUT2D eigenvalue weighted by Gasteiger charge is -2.42. The number of aliphatic hydroxyl groups is 2. The summed E-state index contributed by atoms with van der Waals surface area (Å²) in [5.41, 5.74) is 16.4. The van der Waals surface area contributed by atoms with Crippen LogP contribution >= 0.6 is 12.4 Å². The zero-order valence-corrected chi connectivity index (χ0v) is 38.9. The average molecular weight is 1000 g/mol. The number of aliphatic hydroxyl groups excluding tert-OH is 1. The first-order chi connectivity index (χ1) is 33.1. The van der Waals surface area contributed by atoms with Crippen LogP contribution in [0.25, 0.3) is 11.2 Å². The monoisotopic (exact) mass is 1000 g/mol. The third-order valence-corrected chi connectivity index (χ3v) is 12.2. The lowest BCUT2D eigenvalue weighted by Crippen LogP contribution is -2.52. The second kappa shape index (κ2) is 21.2. The number of anilines is 3. The highest BCUT2D eigenvalue weighted by Gasteiger charge is 2.49. The van der Waals surface area contributed by atoms with Crippen molar-refractivity contribution in [3.05, 3.63) is 93.3 Å². The number of hydrogen-bond donors (Lipinski definition) is 11. The van der Waals surface area contributed by atoms with Gasteiger partial charge in [0.2, 0.25) is 11.7 Å². The molecular formula is C46H50ClN9O15. The van der Waals surface area contributed by atoms with Gasteiger partial charge in [0.15, 0.2) is 34.8 Å². The van der Waals surface area contributed by atoms with Gasteiger partial charge in [0, 0.05) is 59.7 Å².